The number of nitrogens with two attached hydrogens (primary N) is 1. The Morgan fingerprint density at radius 1 is 1.50 bits per heavy atom. The van der Waals surface area contributed by atoms with E-state index in [4.69, 9.17) is 10.5 Å². The first-order valence-corrected chi connectivity index (χ1v) is 4.90. The molecule has 0 aromatic heterocycles. The molecule has 0 amide bonds. The van der Waals surface area contributed by atoms with Gasteiger partial charge in [0.05, 0.1) is 6.61 Å². The third kappa shape index (κ3) is 2.80. The number of rotatable bonds is 5. The zero-order valence-electron chi connectivity index (χ0n) is 8.62. The highest BCUT2D eigenvalue weighted by Crippen LogP contribution is 2.22. The maximum Gasteiger partial charge on any atom is 0.122 e. The van der Waals surface area contributed by atoms with Crippen molar-refractivity contribution >= 4 is 5.69 Å². The molecule has 2 nitrogen and oxygen atoms in total. The van der Waals surface area contributed by atoms with Gasteiger partial charge in [-0.2, -0.15) is 0 Å². The summed E-state index contributed by atoms with van der Waals surface area (Å²) in [5.74, 6) is 0.918. The van der Waals surface area contributed by atoms with E-state index in [9.17, 15) is 0 Å². The highest BCUT2D eigenvalue weighted by Gasteiger charge is 2.01. The Hall–Kier alpha value is -1.44. The van der Waals surface area contributed by atoms with Crippen molar-refractivity contribution in [3.8, 4) is 5.75 Å². The molecule has 0 aliphatic carbocycles. The lowest BCUT2D eigenvalue weighted by molar-refractivity contribution is 0.315. The van der Waals surface area contributed by atoms with Crippen LogP contribution in [-0.4, -0.2) is 6.61 Å². The first-order valence-electron chi connectivity index (χ1n) is 4.90. The van der Waals surface area contributed by atoms with Crippen LogP contribution in [0.15, 0.2) is 30.9 Å². The van der Waals surface area contributed by atoms with Crippen LogP contribution in [0.1, 0.15) is 18.9 Å². The SMILES string of the molecule is C=CCc1cc(N)ccc1OCCC. The summed E-state index contributed by atoms with van der Waals surface area (Å²) < 4.78 is 5.59. The first-order chi connectivity index (χ1) is 6.77. The first kappa shape index (κ1) is 10.6. The molecule has 0 bridgehead atoms. The maximum atomic E-state index is 5.70. The number of anilines is 1. The Kier molecular flexibility index (Phi) is 4.05. The standard InChI is InChI=1S/C12H17NO/c1-3-5-10-9-11(13)6-7-12(10)14-8-4-2/h3,6-7,9H,1,4-5,8,13H2,2H3. The average molecular weight is 191 g/mol. The highest BCUT2D eigenvalue weighted by atomic mass is 16.5. The summed E-state index contributed by atoms with van der Waals surface area (Å²) in [6, 6.07) is 5.72. The summed E-state index contributed by atoms with van der Waals surface area (Å²) in [6.07, 6.45) is 3.66. The van der Waals surface area contributed by atoms with Crippen LogP contribution in [0.25, 0.3) is 0 Å². The van der Waals surface area contributed by atoms with Gasteiger partial charge in [-0.15, -0.1) is 6.58 Å². The second-order valence-electron chi connectivity index (χ2n) is 3.21. The average Bonchev–Trinajstić information content (AvgIpc) is 2.17. The summed E-state index contributed by atoms with van der Waals surface area (Å²) in [4.78, 5) is 0. The van der Waals surface area contributed by atoms with Crippen LogP contribution < -0.4 is 10.5 Å². The van der Waals surface area contributed by atoms with E-state index >= 15 is 0 Å². The van der Waals surface area contributed by atoms with Gasteiger partial charge in [0.2, 0.25) is 0 Å². The van der Waals surface area contributed by atoms with E-state index in [0.29, 0.717) is 0 Å². The molecule has 76 valence electrons. The predicted molar refractivity (Wildman–Crippen MR) is 60.5 cm³/mol. The number of ether oxygens (including phenoxy) is 1. The molecule has 0 radical (unpaired) electrons. The lowest BCUT2D eigenvalue weighted by atomic mass is 10.1. The fourth-order valence-electron chi connectivity index (χ4n) is 1.27. The van der Waals surface area contributed by atoms with Gasteiger partial charge in [-0.05, 0) is 36.6 Å². The Morgan fingerprint density at radius 2 is 2.29 bits per heavy atom. The van der Waals surface area contributed by atoms with Gasteiger partial charge in [-0.3, -0.25) is 0 Å². The smallest absolute Gasteiger partial charge is 0.122 e. The van der Waals surface area contributed by atoms with Crippen LogP contribution in [0.5, 0.6) is 5.75 Å². The third-order valence-corrected chi connectivity index (χ3v) is 1.91. The van der Waals surface area contributed by atoms with Gasteiger partial charge in [0.25, 0.3) is 0 Å². The van der Waals surface area contributed by atoms with Gasteiger partial charge in [-0.1, -0.05) is 13.0 Å². The van der Waals surface area contributed by atoms with Crippen molar-refractivity contribution in [1.82, 2.24) is 0 Å². The van der Waals surface area contributed by atoms with Crippen LogP contribution >= 0.6 is 0 Å². The van der Waals surface area contributed by atoms with E-state index in [0.717, 1.165) is 36.4 Å². The number of allylic oxidation sites excluding steroid dienone is 1. The zero-order chi connectivity index (χ0) is 10.4. The lowest BCUT2D eigenvalue weighted by Gasteiger charge is -2.10. The van der Waals surface area contributed by atoms with Crippen LogP contribution in [-0.2, 0) is 6.42 Å². The molecule has 1 aromatic carbocycles. The van der Waals surface area contributed by atoms with Crippen molar-refractivity contribution in [2.45, 2.75) is 19.8 Å². The van der Waals surface area contributed by atoms with Crippen LogP contribution in [0.4, 0.5) is 5.69 Å². The molecule has 0 spiro atoms. The number of nitrogen functional groups attached to an aromatic ring is 1. The third-order valence-electron chi connectivity index (χ3n) is 1.91. The Labute approximate surface area is 85.4 Å². The van der Waals surface area contributed by atoms with E-state index in [-0.39, 0.29) is 0 Å². The van der Waals surface area contributed by atoms with Gasteiger partial charge in [-0.25, -0.2) is 0 Å². The molecule has 0 unspecified atom stereocenters. The molecule has 1 rings (SSSR count). The Balaban J connectivity index is 2.83. The molecule has 2 heteroatoms. The summed E-state index contributed by atoms with van der Waals surface area (Å²) in [5, 5.41) is 0. The monoisotopic (exact) mass is 191 g/mol. The largest absolute Gasteiger partial charge is 0.493 e. The minimum Gasteiger partial charge on any atom is -0.493 e. The molecular formula is C12H17NO. The number of benzene rings is 1. The van der Waals surface area contributed by atoms with Crippen molar-refractivity contribution in [2.75, 3.05) is 12.3 Å². The minimum atomic E-state index is 0.744. The van der Waals surface area contributed by atoms with Crippen molar-refractivity contribution in [2.24, 2.45) is 0 Å². The molecule has 0 saturated carbocycles. The summed E-state index contributed by atoms with van der Waals surface area (Å²) in [6.45, 7) is 6.54. The van der Waals surface area contributed by atoms with Crippen molar-refractivity contribution in [1.29, 1.82) is 0 Å². The molecular weight excluding hydrogens is 174 g/mol. The van der Waals surface area contributed by atoms with E-state index in [2.05, 4.69) is 13.5 Å². The fraction of sp³-hybridized carbons (Fsp3) is 0.333. The van der Waals surface area contributed by atoms with E-state index in [1.165, 1.54) is 0 Å². The van der Waals surface area contributed by atoms with Crippen molar-refractivity contribution in [3.05, 3.63) is 36.4 Å². The second-order valence-corrected chi connectivity index (χ2v) is 3.21. The van der Waals surface area contributed by atoms with Crippen LogP contribution in [0.2, 0.25) is 0 Å². The van der Waals surface area contributed by atoms with Crippen molar-refractivity contribution in [3.63, 3.8) is 0 Å². The van der Waals surface area contributed by atoms with Gasteiger partial charge in [0.15, 0.2) is 0 Å². The molecule has 0 heterocycles. The molecule has 0 atom stereocenters. The fourth-order valence-corrected chi connectivity index (χ4v) is 1.27. The normalized spacial score (nSPS) is 9.79. The van der Waals surface area contributed by atoms with Gasteiger partial charge in [0.1, 0.15) is 5.75 Å². The molecule has 14 heavy (non-hydrogen) atoms. The van der Waals surface area contributed by atoms with Crippen LogP contribution in [0, 0.1) is 0 Å². The predicted octanol–water partition coefficient (Wildman–Crippen LogP) is 2.79. The van der Waals surface area contributed by atoms with Crippen LogP contribution in [0.3, 0.4) is 0 Å². The summed E-state index contributed by atoms with van der Waals surface area (Å²) in [7, 11) is 0. The molecule has 0 fully saturated rings. The zero-order valence-corrected chi connectivity index (χ0v) is 8.62. The molecule has 0 saturated heterocycles. The molecule has 1 aromatic rings. The van der Waals surface area contributed by atoms with Gasteiger partial charge >= 0.3 is 0 Å². The quantitative estimate of drug-likeness (QED) is 0.573. The minimum absolute atomic E-state index is 0.744. The van der Waals surface area contributed by atoms with E-state index in [1.807, 2.05) is 24.3 Å². The topological polar surface area (TPSA) is 35.2 Å². The molecule has 2 N–H and O–H groups in total. The Bertz CT molecular complexity index is 307. The Morgan fingerprint density at radius 3 is 2.93 bits per heavy atom. The number of hydrogen-bond acceptors (Lipinski definition) is 2. The summed E-state index contributed by atoms with van der Waals surface area (Å²) >= 11 is 0. The highest BCUT2D eigenvalue weighted by molar-refractivity contribution is 5.48. The lowest BCUT2D eigenvalue weighted by Crippen LogP contribution is -1.99. The molecule has 0 aliphatic rings. The van der Waals surface area contributed by atoms with Gasteiger partial charge in [0, 0.05) is 5.69 Å². The number of hydrogen-bond donors (Lipinski definition) is 1. The van der Waals surface area contributed by atoms with E-state index < -0.39 is 0 Å². The molecule has 0 aliphatic heterocycles. The maximum absolute atomic E-state index is 5.70. The van der Waals surface area contributed by atoms with Crippen molar-refractivity contribution < 1.29 is 4.74 Å². The van der Waals surface area contributed by atoms with Gasteiger partial charge < -0.3 is 10.5 Å². The summed E-state index contributed by atoms with van der Waals surface area (Å²) in [5.41, 5.74) is 7.57. The van der Waals surface area contributed by atoms with E-state index in [1.54, 1.807) is 0 Å². The second kappa shape index (κ2) is 5.32.